The zero-order valence-corrected chi connectivity index (χ0v) is 15.0. The highest BCUT2D eigenvalue weighted by Gasteiger charge is 2.53. The second-order valence-corrected chi connectivity index (χ2v) is 7.61. The Morgan fingerprint density at radius 3 is 2.58 bits per heavy atom. The minimum absolute atomic E-state index is 0.232. The van der Waals surface area contributed by atoms with E-state index in [-0.39, 0.29) is 23.8 Å². The van der Waals surface area contributed by atoms with Crippen LogP contribution < -0.4 is 10.6 Å². The maximum atomic E-state index is 12.8. The van der Waals surface area contributed by atoms with E-state index in [9.17, 15) is 14.4 Å². The van der Waals surface area contributed by atoms with Gasteiger partial charge in [0.1, 0.15) is 12.1 Å². The first-order valence-corrected chi connectivity index (χ1v) is 8.77. The van der Waals surface area contributed by atoms with Gasteiger partial charge in [0.2, 0.25) is 5.91 Å². The van der Waals surface area contributed by atoms with Crippen LogP contribution in [-0.4, -0.2) is 41.4 Å². The van der Waals surface area contributed by atoms with Crippen LogP contribution in [0.5, 0.6) is 0 Å². The number of rotatable bonds is 6. The second kappa shape index (κ2) is 6.95. The molecule has 24 heavy (non-hydrogen) atoms. The Bertz CT molecular complexity index is 534. The van der Waals surface area contributed by atoms with Crippen molar-refractivity contribution in [3.63, 3.8) is 0 Å². The number of imide groups is 1. The molecule has 0 atom stereocenters. The summed E-state index contributed by atoms with van der Waals surface area (Å²) < 4.78 is 0. The maximum Gasteiger partial charge on any atom is 0.325 e. The molecular weight excluding hydrogens is 306 g/mol. The molecule has 0 radical (unpaired) electrons. The molecule has 134 valence electrons. The predicted octanol–water partition coefficient (Wildman–Crippen LogP) is 2.21. The third-order valence-electron chi connectivity index (χ3n) is 5.85. The molecule has 1 heterocycles. The third kappa shape index (κ3) is 3.47. The highest BCUT2D eigenvalue weighted by molar-refractivity contribution is 6.09. The lowest BCUT2D eigenvalue weighted by atomic mass is 9.65. The number of carbonyl (C=O) groups is 3. The van der Waals surface area contributed by atoms with Crippen molar-refractivity contribution in [3.8, 4) is 0 Å². The van der Waals surface area contributed by atoms with Crippen LogP contribution in [0, 0.1) is 11.3 Å². The second-order valence-electron chi connectivity index (χ2n) is 7.61. The van der Waals surface area contributed by atoms with E-state index in [2.05, 4.69) is 38.0 Å². The molecule has 1 spiro atoms. The molecule has 1 aliphatic carbocycles. The lowest BCUT2D eigenvalue weighted by Crippen LogP contribution is -2.51. The van der Waals surface area contributed by atoms with Gasteiger partial charge in [0.25, 0.3) is 5.91 Å². The van der Waals surface area contributed by atoms with Crippen LogP contribution >= 0.6 is 0 Å². The summed E-state index contributed by atoms with van der Waals surface area (Å²) in [5.41, 5.74) is -0.562. The highest BCUT2D eigenvalue weighted by atomic mass is 16.2. The molecule has 6 heteroatoms. The fourth-order valence-electron chi connectivity index (χ4n) is 3.72. The van der Waals surface area contributed by atoms with E-state index in [1.54, 1.807) is 6.08 Å². The minimum atomic E-state index is -0.809. The Morgan fingerprint density at radius 1 is 1.42 bits per heavy atom. The fourth-order valence-corrected chi connectivity index (χ4v) is 3.72. The first-order chi connectivity index (χ1) is 11.3. The van der Waals surface area contributed by atoms with Crippen molar-refractivity contribution in [1.82, 2.24) is 15.5 Å². The summed E-state index contributed by atoms with van der Waals surface area (Å²) in [5, 5.41) is 5.45. The molecule has 2 rings (SSSR count). The standard InChI is InChI=1S/C18H29N3O3/c1-5-11-19-14(22)12-21-15(23)18(20-16(21)24)9-7-13(8-10-18)17(3,4)6-2/h5,13H,1,6-12H2,2-4H3,(H,19,22)(H,20,24). The summed E-state index contributed by atoms with van der Waals surface area (Å²) in [7, 11) is 0. The molecular formula is C18H29N3O3. The molecule has 0 unspecified atom stereocenters. The zero-order chi connectivity index (χ0) is 18.0. The van der Waals surface area contributed by atoms with E-state index >= 15 is 0 Å². The Kier molecular flexibility index (Phi) is 5.35. The van der Waals surface area contributed by atoms with Crippen LogP contribution in [0.1, 0.15) is 52.9 Å². The quantitative estimate of drug-likeness (QED) is 0.577. The first kappa shape index (κ1) is 18.5. The van der Waals surface area contributed by atoms with E-state index in [1.165, 1.54) is 0 Å². The van der Waals surface area contributed by atoms with Crippen molar-refractivity contribution >= 4 is 17.8 Å². The highest BCUT2D eigenvalue weighted by Crippen LogP contribution is 2.45. The van der Waals surface area contributed by atoms with Crippen LogP contribution in [0.4, 0.5) is 4.79 Å². The number of nitrogens with zero attached hydrogens (tertiary/aromatic N) is 1. The SMILES string of the molecule is C=CCNC(=O)CN1C(=O)NC2(CCC(C(C)(C)CC)CC2)C1=O. The molecule has 2 N–H and O–H groups in total. The van der Waals surface area contributed by atoms with Gasteiger partial charge in [0.15, 0.2) is 0 Å². The summed E-state index contributed by atoms with van der Waals surface area (Å²) in [5.74, 6) is -0.0481. The van der Waals surface area contributed by atoms with E-state index in [0.717, 1.165) is 24.2 Å². The summed E-state index contributed by atoms with van der Waals surface area (Å²) in [6.07, 6.45) is 5.79. The lowest BCUT2D eigenvalue weighted by molar-refractivity contribution is -0.136. The van der Waals surface area contributed by atoms with Gasteiger partial charge in [-0.2, -0.15) is 0 Å². The van der Waals surface area contributed by atoms with E-state index in [1.807, 2.05) is 0 Å². The van der Waals surface area contributed by atoms with Gasteiger partial charge in [0, 0.05) is 6.54 Å². The molecule has 4 amide bonds. The Balaban J connectivity index is 2.01. The van der Waals surface area contributed by atoms with Crippen LogP contribution in [0.15, 0.2) is 12.7 Å². The first-order valence-electron chi connectivity index (χ1n) is 8.77. The van der Waals surface area contributed by atoms with Gasteiger partial charge in [-0.05, 0) is 37.0 Å². The molecule has 1 aliphatic heterocycles. The number of urea groups is 1. The summed E-state index contributed by atoms with van der Waals surface area (Å²) in [4.78, 5) is 37.8. The molecule has 1 saturated heterocycles. The third-order valence-corrected chi connectivity index (χ3v) is 5.85. The Morgan fingerprint density at radius 2 is 2.04 bits per heavy atom. The van der Waals surface area contributed by atoms with Crippen LogP contribution in [-0.2, 0) is 9.59 Å². The van der Waals surface area contributed by atoms with Crippen LogP contribution in [0.25, 0.3) is 0 Å². The number of hydrogen-bond acceptors (Lipinski definition) is 3. The molecule has 0 aromatic carbocycles. The molecule has 0 aromatic rings. The monoisotopic (exact) mass is 335 g/mol. The minimum Gasteiger partial charge on any atom is -0.351 e. The summed E-state index contributed by atoms with van der Waals surface area (Å²) in [6, 6.07) is -0.457. The topological polar surface area (TPSA) is 78.5 Å². The van der Waals surface area contributed by atoms with Gasteiger partial charge in [-0.25, -0.2) is 4.79 Å². The largest absolute Gasteiger partial charge is 0.351 e. The van der Waals surface area contributed by atoms with Crippen molar-refractivity contribution in [2.75, 3.05) is 13.1 Å². The Labute approximate surface area is 144 Å². The Hall–Kier alpha value is -1.85. The fraction of sp³-hybridized carbons (Fsp3) is 0.722. The molecule has 2 fully saturated rings. The van der Waals surface area contributed by atoms with Gasteiger partial charge in [-0.1, -0.05) is 33.3 Å². The van der Waals surface area contributed by atoms with Crippen molar-refractivity contribution < 1.29 is 14.4 Å². The average Bonchev–Trinajstić information content (AvgIpc) is 2.77. The van der Waals surface area contributed by atoms with Crippen LogP contribution in [0.3, 0.4) is 0 Å². The number of carbonyl (C=O) groups excluding carboxylic acids is 3. The normalized spacial score (nSPS) is 27.3. The number of hydrogen-bond donors (Lipinski definition) is 2. The van der Waals surface area contributed by atoms with Crippen molar-refractivity contribution in [1.29, 1.82) is 0 Å². The smallest absolute Gasteiger partial charge is 0.325 e. The lowest BCUT2D eigenvalue weighted by Gasteiger charge is -2.42. The van der Waals surface area contributed by atoms with Gasteiger partial charge in [-0.3, -0.25) is 14.5 Å². The number of nitrogens with one attached hydrogen (secondary N) is 2. The maximum absolute atomic E-state index is 12.8. The summed E-state index contributed by atoms with van der Waals surface area (Å²) in [6.45, 7) is 10.3. The van der Waals surface area contributed by atoms with Gasteiger partial charge in [-0.15, -0.1) is 6.58 Å². The molecule has 1 saturated carbocycles. The molecule has 0 bridgehead atoms. The molecule has 0 aromatic heterocycles. The van der Waals surface area contributed by atoms with E-state index < -0.39 is 11.6 Å². The summed E-state index contributed by atoms with van der Waals surface area (Å²) >= 11 is 0. The van der Waals surface area contributed by atoms with Gasteiger partial charge < -0.3 is 10.6 Å². The average molecular weight is 335 g/mol. The number of amides is 4. The van der Waals surface area contributed by atoms with Crippen molar-refractivity contribution in [3.05, 3.63) is 12.7 Å². The van der Waals surface area contributed by atoms with Crippen molar-refractivity contribution in [2.45, 2.75) is 58.4 Å². The van der Waals surface area contributed by atoms with E-state index in [0.29, 0.717) is 25.3 Å². The van der Waals surface area contributed by atoms with Gasteiger partial charge >= 0.3 is 6.03 Å². The molecule has 6 nitrogen and oxygen atoms in total. The molecule has 2 aliphatic rings. The van der Waals surface area contributed by atoms with Crippen molar-refractivity contribution in [2.24, 2.45) is 11.3 Å². The van der Waals surface area contributed by atoms with E-state index in [4.69, 9.17) is 0 Å². The predicted molar refractivity (Wildman–Crippen MR) is 92.2 cm³/mol. The van der Waals surface area contributed by atoms with Crippen LogP contribution in [0.2, 0.25) is 0 Å². The zero-order valence-electron chi connectivity index (χ0n) is 15.0. The van der Waals surface area contributed by atoms with Gasteiger partial charge in [0.05, 0.1) is 0 Å².